The van der Waals surface area contributed by atoms with E-state index < -0.39 is 11.8 Å². The topological polar surface area (TPSA) is 92.7 Å². The summed E-state index contributed by atoms with van der Waals surface area (Å²) in [4.78, 5) is 39.4. The third-order valence-electron chi connectivity index (χ3n) is 5.92. The monoisotopic (exact) mass is 454 g/mol. The molecule has 0 radical (unpaired) electrons. The molecule has 9 heteroatoms. The van der Waals surface area contributed by atoms with Gasteiger partial charge in [0.05, 0.1) is 6.10 Å². The number of rotatable bonds is 6. The molecule has 0 unspecified atom stereocenters. The van der Waals surface area contributed by atoms with Crippen LogP contribution in [0.3, 0.4) is 0 Å². The van der Waals surface area contributed by atoms with Gasteiger partial charge in [-0.15, -0.1) is 0 Å². The van der Waals surface area contributed by atoms with Gasteiger partial charge in [-0.1, -0.05) is 18.2 Å². The van der Waals surface area contributed by atoms with Crippen molar-refractivity contribution in [1.29, 1.82) is 0 Å². The van der Waals surface area contributed by atoms with Crippen molar-refractivity contribution in [2.24, 2.45) is 0 Å². The smallest absolute Gasteiger partial charge is 0.265 e. The highest BCUT2D eigenvalue weighted by Crippen LogP contribution is 2.29. The maximum Gasteiger partial charge on any atom is 0.265 e. The van der Waals surface area contributed by atoms with E-state index in [1.54, 1.807) is 13.0 Å². The van der Waals surface area contributed by atoms with Gasteiger partial charge in [0.25, 0.3) is 11.8 Å². The molecular formula is C23H26N4O4S. The number of nitrogens with zero attached hydrogens (tertiary/aromatic N) is 2. The summed E-state index contributed by atoms with van der Waals surface area (Å²) in [6.45, 7) is 5.41. The maximum atomic E-state index is 12.9. The number of carbonyl (C=O) groups is 3. The Kier molecular flexibility index (Phi) is 6.38. The maximum absolute atomic E-state index is 12.9. The molecule has 2 N–H and O–H groups in total. The molecule has 2 saturated heterocycles. The molecule has 32 heavy (non-hydrogen) atoms. The molecule has 4 rings (SSSR count). The first-order valence-electron chi connectivity index (χ1n) is 10.8. The van der Waals surface area contributed by atoms with Crippen LogP contribution in [0, 0.1) is 6.92 Å². The van der Waals surface area contributed by atoms with E-state index in [0.717, 1.165) is 41.6 Å². The molecule has 0 saturated carbocycles. The highest BCUT2D eigenvalue weighted by molar-refractivity contribution is 7.80. The number of hydrogen-bond donors (Lipinski definition) is 2. The van der Waals surface area contributed by atoms with E-state index in [4.69, 9.17) is 17.0 Å². The zero-order valence-electron chi connectivity index (χ0n) is 18.1. The van der Waals surface area contributed by atoms with Gasteiger partial charge in [-0.2, -0.15) is 0 Å². The Balaban J connectivity index is 1.66. The molecule has 2 aliphatic rings. The number of carbonyl (C=O) groups excluding carboxylic acids is 3. The Hall–Kier alpha value is -3.04. The van der Waals surface area contributed by atoms with Crippen LogP contribution in [0.15, 0.2) is 29.8 Å². The largest absolute Gasteiger partial charge is 0.376 e. The molecule has 3 heterocycles. The van der Waals surface area contributed by atoms with Crippen molar-refractivity contribution in [2.45, 2.75) is 39.3 Å². The lowest BCUT2D eigenvalue weighted by atomic mass is 10.0. The summed E-state index contributed by atoms with van der Waals surface area (Å²) in [6, 6.07) is 7.63. The van der Waals surface area contributed by atoms with Gasteiger partial charge in [0.2, 0.25) is 5.91 Å². The molecule has 2 fully saturated rings. The first-order chi connectivity index (χ1) is 15.4. The van der Waals surface area contributed by atoms with Gasteiger partial charge in [-0.25, -0.2) is 0 Å². The summed E-state index contributed by atoms with van der Waals surface area (Å²) in [6.07, 6.45) is 3.65. The van der Waals surface area contributed by atoms with Crippen molar-refractivity contribution in [3.63, 3.8) is 0 Å². The van der Waals surface area contributed by atoms with Crippen LogP contribution >= 0.6 is 12.2 Å². The van der Waals surface area contributed by atoms with Crippen LogP contribution in [-0.2, 0) is 25.7 Å². The second kappa shape index (κ2) is 9.22. The first-order valence-corrected chi connectivity index (χ1v) is 11.2. The van der Waals surface area contributed by atoms with Crippen LogP contribution in [-0.4, -0.2) is 58.1 Å². The molecule has 168 valence electrons. The van der Waals surface area contributed by atoms with Crippen molar-refractivity contribution in [3.8, 4) is 0 Å². The quantitative estimate of drug-likeness (QED) is 0.395. The van der Waals surface area contributed by atoms with Gasteiger partial charge in [0, 0.05) is 41.9 Å². The highest BCUT2D eigenvalue weighted by atomic mass is 32.1. The predicted molar refractivity (Wildman–Crippen MR) is 125 cm³/mol. The van der Waals surface area contributed by atoms with Gasteiger partial charge < -0.3 is 14.6 Å². The van der Waals surface area contributed by atoms with Crippen LogP contribution in [0.5, 0.6) is 0 Å². The SMILES string of the molecule is CCN1C(=O)/C(=C\c2c(C)n(CC(=O)NC[C@H]3CCCO3)c3ccccc23)C(=O)NC1=S. The molecule has 1 atom stereocenters. The Morgan fingerprint density at radius 3 is 2.84 bits per heavy atom. The summed E-state index contributed by atoms with van der Waals surface area (Å²) < 4.78 is 7.47. The van der Waals surface area contributed by atoms with E-state index in [1.807, 2.05) is 35.8 Å². The molecule has 1 aromatic heterocycles. The van der Waals surface area contributed by atoms with Crippen LogP contribution in [0.2, 0.25) is 0 Å². The van der Waals surface area contributed by atoms with Crippen LogP contribution < -0.4 is 10.6 Å². The zero-order chi connectivity index (χ0) is 22.8. The van der Waals surface area contributed by atoms with E-state index in [0.29, 0.717) is 13.1 Å². The lowest BCUT2D eigenvalue weighted by Crippen LogP contribution is -2.53. The fourth-order valence-corrected chi connectivity index (χ4v) is 4.51. The van der Waals surface area contributed by atoms with Crippen molar-refractivity contribution >= 4 is 52.0 Å². The minimum atomic E-state index is -0.518. The number of likely N-dealkylation sites (N-methyl/N-ethyl adjacent to an activating group) is 1. The number of thiocarbonyl (C=S) groups is 1. The number of benzene rings is 1. The number of fused-ring (bicyclic) bond motifs is 1. The van der Waals surface area contributed by atoms with E-state index in [9.17, 15) is 14.4 Å². The summed E-state index contributed by atoms with van der Waals surface area (Å²) >= 11 is 5.11. The van der Waals surface area contributed by atoms with E-state index >= 15 is 0 Å². The Morgan fingerprint density at radius 1 is 1.34 bits per heavy atom. The summed E-state index contributed by atoms with van der Waals surface area (Å²) in [5.74, 6) is -1.06. The van der Waals surface area contributed by atoms with E-state index in [-0.39, 0.29) is 29.2 Å². The second-order valence-corrected chi connectivity index (χ2v) is 8.29. The molecule has 0 spiro atoms. The van der Waals surface area contributed by atoms with Gasteiger partial charge in [-0.3, -0.25) is 24.6 Å². The minimum Gasteiger partial charge on any atom is -0.376 e. The number of hydrogen-bond acceptors (Lipinski definition) is 5. The summed E-state index contributed by atoms with van der Waals surface area (Å²) in [5, 5.41) is 6.50. The average Bonchev–Trinajstić information content (AvgIpc) is 3.37. The van der Waals surface area contributed by atoms with Crippen LogP contribution in [0.25, 0.3) is 17.0 Å². The van der Waals surface area contributed by atoms with E-state index in [2.05, 4.69) is 10.6 Å². The lowest BCUT2D eigenvalue weighted by molar-refractivity contribution is -0.128. The predicted octanol–water partition coefficient (Wildman–Crippen LogP) is 1.89. The molecule has 2 aromatic rings. The molecule has 0 bridgehead atoms. The Morgan fingerprint density at radius 2 is 2.12 bits per heavy atom. The minimum absolute atomic E-state index is 0.0225. The molecule has 3 amide bonds. The molecule has 2 aliphatic heterocycles. The molecule has 0 aliphatic carbocycles. The third kappa shape index (κ3) is 4.18. The molecule has 1 aromatic carbocycles. The van der Waals surface area contributed by atoms with Gasteiger partial charge in [-0.05, 0) is 51.0 Å². The van der Waals surface area contributed by atoms with Crippen LogP contribution in [0.1, 0.15) is 31.0 Å². The summed E-state index contributed by atoms with van der Waals surface area (Å²) in [5.41, 5.74) is 2.41. The number of nitrogens with one attached hydrogen (secondary N) is 2. The van der Waals surface area contributed by atoms with Gasteiger partial charge in [0.15, 0.2) is 5.11 Å². The lowest BCUT2D eigenvalue weighted by Gasteiger charge is -2.27. The number of para-hydroxylation sites is 1. The second-order valence-electron chi connectivity index (χ2n) is 7.91. The van der Waals surface area contributed by atoms with Crippen molar-refractivity contribution in [3.05, 3.63) is 41.1 Å². The third-order valence-corrected chi connectivity index (χ3v) is 6.25. The van der Waals surface area contributed by atoms with Crippen molar-refractivity contribution < 1.29 is 19.1 Å². The van der Waals surface area contributed by atoms with Crippen molar-refractivity contribution in [2.75, 3.05) is 19.7 Å². The first kappa shape index (κ1) is 22.2. The Bertz CT molecular complexity index is 1130. The van der Waals surface area contributed by atoms with E-state index in [1.165, 1.54) is 4.90 Å². The molecule has 8 nitrogen and oxygen atoms in total. The normalized spacial score (nSPS) is 20.3. The zero-order valence-corrected chi connectivity index (χ0v) is 19.0. The fourth-order valence-electron chi connectivity index (χ4n) is 4.20. The standard InChI is InChI=1S/C23H26N4O4S/c1-3-26-22(30)18(21(29)25-23(26)32)11-17-14(2)27(19-9-5-4-8-16(17)19)13-20(28)24-12-15-7-6-10-31-15/h4-5,8-9,11,15H,3,6-7,10,12-13H2,1-2H3,(H,24,28)(H,25,29,32)/b18-11-/t15-/m1/s1. The Labute approximate surface area is 191 Å². The number of ether oxygens (including phenoxy) is 1. The van der Waals surface area contributed by atoms with Gasteiger partial charge >= 0.3 is 0 Å². The fraction of sp³-hybridized carbons (Fsp3) is 0.391. The number of aromatic nitrogens is 1. The van der Waals surface area contributed by atoms with Crippen LogP contribution in [0.4, 0.5) is 0 Å². The summed E-state index contributed by atoms with van der Waals surface area (Å²) in [7, 11) is 0. The number of amides is 3. The average molecular weight is 455 g/mol. The van der Waals surface area contributed by atoms with Gasteiger partial charge in [0.1, 0.15) is 12.1 Å². The molecular weight excluding hydrogens is 428 g/mol. The highest BCUT2D eigenvalue weighted by Gasteiger charge is 2.33. The van der Waals surface area contributed by atoms with Crippen molar-refractivity contribution in [1.82, 2.24) is 20.1 Å².